The smallest absolute Gasteiger partial charge is 0.309 e. The summed E-state index contributed by atoms with van der Waals surface area (Å²) in [6.07, 6.45) is 1.63. The van der Waals surface area contributed by atoms with Crippen LogP contribution in [0.2, 0.25) is 5.15 Å². The number of benzene rings is 1. The predicted molar refractivity (Wildman–Crippen MR) is 60.3 cm³/mol. The number of hydrogen-bond acceptors (Lipinski definition) is 4. The highest BCUT2D eigenvalue weighted by atomic mass is 35.5. The number of ether oxygens (including phenoxy) is 1. The van der Waals surface area contributed by atoms with Gasteiger partial charge in [-0.15, -0.1) is 0 Å². The van der Waals surface area contributed by atoms with Gasteiger partial charge in [0.15, 0.2) is 0 Å². The Morgan fingerprint density at radius 3 is 3.00 bits per heavy atom. The van der Waals surface area contributed by atoms with Crippen LogP contribution in [0.15, 0.2) is 24.5 Å². The molecule has 16 heavy (non-hydrogen) atoms. The van der Waals surface area contributed by atoms with Crippen LogP contribution in [0.3, 0.4) is 0 Å². The fourth-order valence-electron chi connectivity index (χ4n) is 1.42. The number of carbonyl (C=O) groups is 1. The Hall–Kier alpha value is -1.68. The van der Waals surface area contributed by atoms with Gasteiger partial charge in [-0.25, -0.2) is 9.97 Å². The first-order valence-electron chi connectivity index (χ1n) is 4.66. The molecular weight excluding hydrogens is 228 g/mol. The molecule has 1 aromatic carbocycles. The third-order valence-corrected chi connectivity index (χ3v) is 2.53. The molecule has 0 spiro atoms. The van der Waals surface area contributed by atoms with Crippen molar-refractivity contribution in [3.05, 3.63) is 35.2 Å². The van der Waals surface area contributed by atoms with Gasteiger partial charge in [-0.3, -0.25) is 4.79 Å². The van der Waals surface area contributed by atoms with Gasteiger partial charge in [0.25, 0.3) is 0 Å². The molecule has 2 aromatic rings. The van der Waals surface area contributed by atoms with Gasteiger partial charge in [0.05, 0.1) is 19.0 Å². The summed E-state index contributed by atoms with van der Waals surface area (Å²) in [4.78, 5) is 19.1. The van der Waals surface area contributed by atoms with Crippen LogP contribution in [-0.4, -0.2) is 23.0 Å². The van der Waals surface area contributed by atoms with Crippen LogP contribution in [0.5, 0.6) is 0 Å². The molecule has 0 amide bonds. The van der Waals surface area contributed by atoms with Crippen LogP contribution >= 0.6 is 11.6 Å². The van der Waals surface area contributed by atoms with Crippen LogP contribution in [0, 0.1) is 0 Å². The lowest BCUT2D eigenvalue weighted by atomic mass is 10.1. The van der Waals surface area contributed by atoms with Gasteiger partial charge in [0, 0.05) is 5.39 Å². The second-order valence-corrected chi connectivity index (χ2v) is 3.63. The minimum absolute atomic E-state index is 0.220. The molecule has 4 nitrogen and oxygen atoms in total. The van der Waals surface area contributed by atoms with Crippen LogP contribution in [0.4, 0.5) is 0 Å². The molecule has 1 heterocycles. The molecule has 0 radical (unpaired) electrons. The Balaban J connectivity index is 2.43. The molecule has 0 bridgehead atoms. The Labute approximate surface area is 97.2 Å². The van der Waals surface area contributed by atoms with E-state index in [0.717, 1.165) is 16.5 Å². The van der Waals surface area contributed by atoms with Crippen LogP contribution in [0.1, 0.15) is 5.56 Å². The molecule has 0 aliphatic heterocycles. The van der Waals surface area contributed by atoms with Gasteiger partial charge in [0.2, 0.25) is 0 Å². The molecule has 0 saturated carbocycles. The lowest BCUT2D eigenvalue weighted by Gasteiger charge is -2.03. The summed E-state index contributed by atoms with van der Waals surface area (Å²) in [6, 6.07) is 5.43. The second kappa shape index (κ2) is 4.45. The molecule has 0 N–H and O–H groups in total. The molecule has 0 aliphatic rings. The molecule has 5 heteroatoms. The van der Waals surface area contributed by atoms with Gasteiger partial charge in [0.1, 0.15) is 11.5 Å². The van der Waals surface area contributed by atoms with E-state index in [1.165, 1.54) is 13.4 Å². The van der Waals surface area contributed by atoms with Crippen molar-refractivity contribution < 1.29 is 9.53 Å². The van der Waals surface area contributed by atoms with Crippen LogP contribution in [0.25, 0.3) is 10.9 Å². The monoisotopic (exact) mass is 236 g/mol. The Morgan fingerprint density at radius 1 is 1.44 bits per heavy atom. The maximum atomic E-state index is 11.1. The summed E-state index contributed by atoms with van der Waals surface area (Å²) in [5.74, 6) is -0.285. The first kappa shape index (κ1) is 10.8. The zero-order valence-electron chi connectivity index (χ0n) is 8.61. The fraction of sp³-hybridized carbons (Fsp3) is 0.182. The maximum Gasteiger partial charge on any atom is 0.309 e. The van der Waals surface area contributed by atoms with Crippen molar-refractivity contribution in [1.82, 2.24) is 9.97 Å². The number of nitrogens with zero attached hydrogens (tertiary/aromatic N) is 2. The van der Waals surface area contributed by atoms with Crippen molar-refractivity contribution in [2.75, 3.05) is 7.11 Å². The zero-order valence-corrected chi connectivity index (χ0v) is 9.36. The third-order valence-electron chi connectivity index (χ3n) is 2.23. The molecule has 0 unspecified atom stereocenters. The molecule has 0 saturated heterocycles. The minimum Gasteiger partial charge on any atom is -0.469 e. The standard InChI is InChI=1S/C11H9ClN2O2/c1-16-10(15)5-7-2-3-9-8(4-7)11(12)14-6-13-9/h2-4,6H,5H2,1H3. The van der Waals surface area contributed by atoms with E-state index >= 15 is 0 Å². The third kappa shape index (κ3) is 2.12. The first-order valence-corrected chi connectivity index (χ1v) is 5.04. The highest BCUT2D eigenvalue weighted by Gasteiger charge is 2.06. The summed E-state index contributed by atoms with van der Waals surface area (Å²) in [6.45, 7) is 0. The van der Waals surface area contributed by atoms with Gasteiger partial charge in [-0.2, -0.15) is 0 Å². The fourth-order valence-corrected chi connectivity index (χ4v) is 1.62. The summed E-state index contributed by atoms with van der Waals surface area (Å²) in [5.41, 5.74) is 1.59. The van der Waals surface area contributed by atoms with E-state index in [0.29, 0.717) is 5.15 Å². The number of rotatable bonds is 2. The number of methoxy groups -OCH3 is 1. The van der Waals surface area contributed by atoms with E-state index < -0.39 is 0 Å². The molecule has 2 rings (SSSR count). The van der Waals surface area contributed by atoms with Gasteiger partial charge >= 0.3 is 5.97 Å². The van der Waals surface area contributed by atoms with E-state index in [2.05, 4.69) is 14.7 Å². The number of aromatic nitrogens is 2. The number of halogens is 1. The molecule has 0 aliphatic carbocycles. The Bertz CT molecular complexity index is 542. The van der Waals surface area contributed by atoms with Gasteiger partial charge in [-0.05, 0) is 17.7 Å². The average Bonchev–Trinajstić information content (AvgIpc) is 2.30. The first-order chi connectivity index (χ1) is 7.70. The number of fused-ring (bicyclic) bond motifs is 1. The second-order valence-electron chi connectivity index (χ2n) is 3.27. The molecule has 82 valence electrons. The van der Waals surface area contributed by atoms with E-state index in [1.54, 1.807) is 12.1 Å². The van der Waals surface area contributed by atoms with Crippen molar-refractivity contribution in [3.63, 3.8) is 0 Å². The van der Waals surface area contributed by atoms with Crippen molar-refractivity contribution in [3.8, 4) is 0 Å². The normalized spacial score (nSPS) is 10.4. The molecule has 0 atom stereocenters. The maximum absolute atomic E-state index is 11.1. The summed E-state index contributed by atoms with van der Waals surface area (Å²) in [5, 5.41) is 1.13. The largest absolute Gasteiger partial charge is 0.469 e. The quantitative estimate of drug-likeness (QED) is 0.591. The van der Waals surface area contributed by atoms with Gasteiger partial charge < -0.3 is 4.74 Å². The van der Waals surface area contributed by atoms with Crippen molar-refractivity contribution in [2.24, 2.45) is 0 Å². The molecular formula is C11H9ClN2O2. The number of esters is 1. The van der Waals surface area contributed by atoms with Crippen LogP contribution < -0.4 is 0 Å². The SMILES string of the molecule is COC(=O)Cc1ccc2ncnc(Cl)c2c1. The topological polar surface area (TPSA) is 52.1 Å². The van der Waals surface area contributed by atoms with E-state index in [1.807, 2.05) is 6.07 Å². The Morgan fingerprint density at radius 2 is 2.25 bits per heavy atom. The highest BCUT2D eigenvalue weighted by molar-refractivity contribution is 6.34. The minimum atomic E-state index is -0.285. The summed E-state index contributed by atoms with van der Waals surface area (Å²) >= 11 is 5.93. The van der Waals surface area contributed by atoms with Crippen LogP contribution in [-0.2, 0) is 16.0 Å². The zero-order chi connectivity index (χ0) is 11.5. The van der Waals surface area contributed by atoms with Crippen molar-refractivity contribution >= 4 is 28.5 Å². The Kier molecular flexibility index (Phi) is 3.01. The van der Waals surface area contributed by atoms with E-state index in [-0.39, 0.29) is 12.4 Å². The molecule has 0 fully saturated rings. The lowest BCUT2D eigenvalue weighted by Crippen LogP contribution is -2.04. The summed E-state index contributed by atoms with van der Waals surface area (Å²) < 4.78 is 4.59. The van der Waals surface area contributed by atoms with Crippen molar-refractivity contribution in [1.29, 1.82) is 0 Å². The lowest BCUT2D eigenvalue weighted by molar-refractivity contribution is -0.139. The van der Waals surface area contributed by atoms with Crippen molar-refractivity contribution in [2.45, 2.75) is 6.42 Å². The van der Waals surface area contributed by atoms with E-state index in [4.69, 9.17) is 11.6 Å². The molecule has 1 aromatic heterocycles. The summed E-state index contributed by atoms with van der Waals surface area (Å²) in [7, 11) is 1.36. The average molecular weight is 237 g/mol. The number of hydrogen-bond donors (Lipinski definition) is 0. The van der Waals surface area contributed by atoms with E-state index in [9.17, 15) is 4.79 Å². The highest BCUT2D eigenvalue weighted by Crippen LogP contribution is 2.20. The number of carbonyl (C=O) groups excluding carboxylic acids is 1. The predicted octanol–water partition coefficient (Wildman–Crippen LogP) is 2.00. The van der Waals surface area contributed by atoms with Gasteiger partial charge in [-0.1, -0.05) is 17.7 Å².